The van der Waals surface area contributed by atoms with E-state index in [9.17, 15) is 9.59 Å². The summed E-state index contributed by atoms with van der Waals surface area (Å²) in [6.07, 6.45) is 0.492. The lowest BCUT2D eigenvalue weighted by Gasteiger charge is -2.19. The van der Waals surface area contributed by atoms with E-state index in [1.165, 1.54) is 0 Å². The Hall–Kier alpha value is -1.84. The van der Waals surface area contributed by atoms with Crippen LogP contribution in [0.5, 0.6) is 0 Å². The van der Waals surface area contributed by atoms with Crippen molar-refractivity contribution >= 4 is 17.6 Å². The maximum absolute atomic E-state index is 11.5. The van der Waals surface area contributed by atoms with Crippen LogP contribution in [0.25, 0.3) is 0 Å². The Kier molecular flexibility index (Phi) is 5.10. The van der Waals surface area contributed by atoms with Crippen molar-refractivity contribution in [2.45, 2.75) is 46.1 Å². The maximum atomic E-state index is 11.5. The third kappa shape index (κ3) is 6.04. The average Bonchev–Trinajstić information content (AvgIpc) is 2.29. The fourth-order valence-corrected chi connectivity index (χ4v) is 1.48. The molecule has 1 amide bonds. The number of amides is 1. The number of hydrogen-bond donors (Lipinski definition) is 1. The van der Waals surface area contributed by atoms with E-state index in [1.54, 1.807) is 12.1 Å². The zero-order valence-corrected chi connectivity index (χ0v) is 11.9. The van der Waals surface area contributed by atoms with Crippen LogP contribution in [-0.2, 0) is 16.0 Å². The number of ketones is 1. The minimum Gasteiger partial charge on any atom is -0.444 e. The van der Waals surface area contributed by atoms with E-state index in [-0.39, 0.29) is 5.78 Å². The molecule has 0 radical (unpaired) electrons. The number of hydrogen-bond acceptors (Lipinski definition) is 3. The molecule has 1 N–H and O–H groups in total. The van der Waals surface area contributed by atoms with E-state index in [4.69, 9.17) is 4.74 Å². The molecule has 0 aliphatic rings. The predicted molar refractivity (Wildman–Crippen MR) is 75.3 cm³/mol. The zero-order chi connectivity index (χ0) is 14.5. The molecular weight excluding hydrogens is 242 g/mol. The largest absolute Gasteiger partial charge is 0.444 e. The fraction of sp³-hybridized carbons (Fsp3) is 0.467. The van der Waals surface area contributed by atoms with Gasteiger partial charge in [0.1, 0.15) is 11.4 Å². The summed E-state index contributed by atoms with van der Waals surface area (Å²) in [6.45, 7) is 7.28. The van der Waals surface area contributed by atoms with Gasteiger partial charge in [0.25, 0.3) is 0 Å². The number of nitrogens with one attached hydrogen (secondary N) is 1. The topological polar surface area (TPSA) is 55.4 Å². The number of carbonyl (C=O) groups is 2. The molecule has 0 aromatic heterocycles. The second-order valence-electron chi connectivity index (χ2n) is 5.39. The van der Waals surface area contributed by atoms with Crippen LogP contribution in [0.2, 0.25) is 0 Å². The smallest absolute Gasteiger partial charge is 0.412 e. The number of Topliss-reactive ketones (excluding diaryl/α,β-unsaturated/α-hetero) is 1. The summed E-state index contributed by atoms with van der Waals surface area (Å²) in [4.78, 5) is 22.9. The Morgan fingerprint density at radius 1 is 1.16 bits per heavy atom. The molecule has 0 aliphatic carbocycles. The van der Waals surface area contributed by atoms with Crippen molar-refractivity contribution < 1.29 is 14.3 Å². The number of rotatable bonds is 4. The van der Waals surface area contributed by atoms with Crippen LogP contribution in [0.15, 0.2) is 24.3 Å². The Bertz CT molecular complexity index is 443. The summed E-state index contributed by atoms with van der Waals surface area (Å²) < 4.78 is 5.15. The van der Waals surface area contributed by atoms with Crippen molar-refractivity contribution in [3.05, 3.63) is 29.8 Å². The van der Waals surface area contributed by atoms with Crippen molar-refractivity contribution in [1.29, 1.82) is 0 Å². The molecule has 0 bridgehead atoms. The van der Waals surface area contributed by atoms with Gasteiger partial charge in [-0.2, -0.15) is 0 Å². The van der Waals surface area contributed by atoms with Gasteiger partial charge in [-0.05, 0) is 38.5 Å². The first-order valence-electron chi connectivity index (χ1n) is 6.41. The highest BCUT2D eigenvalue weighted by atomic mass is 16.6. The third-order valence-corrected chi connectivity index (χ3v) is 2.39. The molecule has 0 unspecified atom stereocenters. The molecule has 0 saturated heterocycles. The molecular formula is C15H21NO3. The van der Waals surface area contributed by atoms with Crippen LogP contribution in [0.1, 0.15) is 39.7 Å². The highest BCUT2D eigenvalue weighted by Gasteiger charge is 2.16. The number of anilines is 1. The number of ether oxygens (including phenoxy) is 1. The molecule has 19 heavy (non-hydrogen) atoms. The van der Waals surface area contributed by atoms with E-state index >= 15 is 0 Å². The predicted octanol–water partition coefficient (Wildman–Crippen LogP) is 3.56. The molecule has 4 heteroatoms. The fourth-order valence-electron chi connectivity index (χ4n) is 1.48. The second-order valence-corrected chi connectivity index (χ2v) is 5.39. The van der Waals surface area contributed by atoms with Crippen LogP contribution in [0, 0.1) is 0 Å². The molecule has 1 rings (SSSR count). The summed E-state index contributed by atoms with van der Waals surface area (Å²) in [5.74, 6) is 0.202. The lowest BCUT2D eigenvalue weighted by molar-refractivity contribution is -0.118. The third-order valence-electron chi connectivity index (χ3n) is 2.39. The van der Waals surface area contributed by atoms with E-state index in [0.29, 0.717) is 18.5 Å². The van der Waals surface area contributed by atoms with Gasteiger partial charge < -0.3 is 4.74 Å². The molecule has 0 heterocycles. The van der Waals surface area contributed by atoms with Crippen LogP contribution >= 0.6 is 0 Å². The second kappa shape index (κ2) is 6.36. The molecule has 0 saturated carbocycles. The molecule has 4 nitrogen and oxygen atoms in total. The van der Waals surface area contributed by atoms with Crippen molar-refractivity contribution in [3.8, 4) is 0 Å². The van der Waals surface area contributed by atoms with Gasteiger partial charge in [0, 0.05) is 18.5 Å². The average molecular weight is 263 g/mol. The lowest BCUT2D eigenvalue weighted by atomic mass is 10.1. The van der Waals surface area contributed by atoms with Gasteiger partial charge in [0.2, 0.25) is 0 Å². The first kappa shape index (κ1) is 15.2. The van der Waals surface area contributed by atoms with Crippen LogP contribution in [0.3, 0.4) is 0 Å². The maximum Gasteiger partial charge on any atom is 0.412 e. The van der Waals surface area contributed by atoms with Crippen LogP contribution in [0.4, 0.5) is 10.5 Å². The van der Waals surface area contributed by atoms with Gasteiger partial charge in [-0.3, -0.25) is 10.1 Å². The van der Waals surface area contributed by atoms with Gasteiger partial charge >= 0.3 is 6.09 Å². The van der Waals surface area contributed by atoms with E-state index in [1.807, 2.05) is 39.8 Å². The molecule has 1 aromatic rings. The Morgan fingerprint density at radius 2 is 1.74 bits per heavy atom. The molecule has 0 fully saturated rings. The van der Waals surface area contributed by atoms with E-state index in [2.05, 4.69) is 5.32 Å². The summed E-state index contributed by atoms with van der Waals surface area (Å²) in [7, 11) is 0. The standard InChI is InChI=1S/C15H21NO3/c1-5-13(17)10-11-6-8-12(9-7-11)16-14(18)19-15(2,3)4/h6-9H,5,10H2,1-4H3,(H,16,18). The zero-order valence-electron chi connectivity index (χ0n) is 11.9. The lowest BCUT2D eigenvalue weighted by Crippen LogP contribution is -2.27. The molecule has 1 aromatic carbocycles. The minimum atomic E-state index is -0.516. The van der Waals surface area contributed by atoms with E-state index < -0.39 is 11.7 Å². The van der Waals surface area contributed by atoms with Gasteiger partial charge in [0.15, 0.2) is 0 Å². The number of carbonyl (C=O) groups excluding carboxylic acids is 2. The van der Waals surface area contributed by atoms with Crippen LogP contribution in [-0.4, -0.2) is 17.5 Å². The summed E-state index contributed by atoms with van der Waals surface area (Å²) in [6, 6.07) is 7.20. The summed E-state index contributed by atoms with van der Waals surface area (Å²) in [5.41, 5.74) is 1.08. The Labute approximate surface area is 114 Å². The van der Waals surface area contributed by atoms with Crippen molar-refractivity contribution in [2.75, 3.05) is 5.32 Å². The van der Waals surface area contributed by atoms with Gasteiger partial charge in [-0.1, -0.05) is 19.1 Å². The Morgan fingerprint density at radius 3 is 2.21 bits per heavy atom. The van der Waals surface area contributed by atoms with Gasteiger partial charge in [-0.15, -0.1) is 0 Å². The van der Waals surface area contributed by atoms with E-state index in [0.717, 1.165) is 5.56 Å². The molecule has 0 atom stereocenters. The van der Waals surface area contributed by atoms with Crippen molar-refractivity contribution in [3.63, 3.8) is 0 Å². The molecule has 0 spiro atoms. The highest BCUT2D eigenvalue weighted by Crippen LogP contribution is 2.13. The summed E-state index contributed by atoms with van der Waals surface area (Å²) >= 11 is 0. The quantitative estimate of drug-likeness (QED) is 0.903. The monoisotopic (exact) mass is 263 g/mol. The first-order chi connectivity index (χ1) is 8.80. The first-order valence-corrected chi connectivity index (χ1v) is 6.41. The normalized spacial score (nSPS) is 10.9. The van der Waals surface area contributed by atoms with Crippen LogP contribution < -0.4 is 5.32 Å². The Balaban J connectivity index is 2.57. The van der Waals surface area contributed by atoms with Gasteiger partial charge in [0.05, 0.1) is 0 Å². The summed E-state index contributed by atoms with van der Waals surface area (Å²) in [5, 5.41) is 2.65. The molecule has 0 aliphatic heterocycles. The minimum absolute atomic E-state index is 0.202. The molecule has 104 valence electrons. The van der Waals surface area contributed by atoms with Gasteiger partial charge in [-0.25, -0.2) is 4.79 Å². The van der Waals surface area contributed by atoms with Crippen molar-refractivity contribution in [2.24, 2.45) is 0 Å². The SMILES string of the molecule is CCC(=O)Cc1ccc(NC(=O)OC(C)(C)C)cc1. The highest BCUT2D eigenvalue weighted by molar-refractivity contribution is 5.85. The number of benzene rings is 1. The van der Waals surface area contributed by atoms with Crippen molar-refractivity contribution in [1.82, 2.24) is 0 Å².